The van der Waals surface area contributed by atoms with Crippen LogP contribution in [0.3, 0.4) is 0 Å². The number of unbranched alkanes of at least 4 members (excludes halogenated alkanes) is 4. The summed E-state index contributed by atoms with van der Waals surface area (Å²) in [4.78, 5) is 2.53. The standard InChI is InChI=1S/C36H37BN2O2/c1-3-5-7-21-38-31-23-33(29-19-11-15-25-13-9-17-27(31)35(25)29)40-37(38)39(22-8-6-4-2)32-24-34(41-37)30-20-12-16-26-14-10-18-28(32)36(26)30/h9-17,19-20,23-24H,3-8,18,21-22H2,1-2H3. The van der Waals surface area contributed by atoms with Gasteiger partial charge in [-0.25, -0.2) is 0 Å². The van der Waals surface area contributed by atoms with Crippen LogP contribution in [0, 0.1) is 0 Å². The largest absolute Gasteiger partial charge is 0.770 e. The van der Waals surface area contributed by atoms with Crippen LogP contribution >= 0.6 is 0 Å². The molecule has 5 aromatic carbocycles. The van der Waals surface area contributed by atoms with E-state index in [1.807, 2.05) is 0 Å². The van der Waals surface area contributed by atoms with Gasteiger partial charge in [0.1, 0.15) is 6.54 Å². The first-order chi connectivity index (χ1) is 20.2. The number of fused-ring (bicyclic) bond motifs is 8. The Kier molecular flexibility index (Phi) is 5.77. The van der Waals surface area contributed by atoms with Gasteiger partial charge in [-0.1, -0.05) is 93.8 Å². The molecule has 1 aliphatic carbocycles. The third-order valence-electron chi connectivity index (χ3n) is 9.55. The lowest BCUT2D eigenvalue weighted by Gasteiger charge is -2.51. The first kappa shape index (κ1) is 24.8. The Hall–Kier alpha value is -3.99. The smallest absolute Gasteiger partial charge is 0.601 e. The highest BCUT2D eigenvalue weighted by atomic mass is 16.6. The van der Waals surface area contributed by atoms with Crippen LogP contribution in [0.25, 0.3) is 38.4 Å². The van der Waals surface area contributed by atoms with E-state index < -0.39 is 6.82 Å². The molecule has 0 saturated carbocycles. The molecule has 0 saturated heterocycles. The number of hydrogen-bond donors (Lipinski definition) is 0. The van der Waals surface area contributed by atoms with Gasteiger partial charge >= 0.3 is 6.82 Å². The fourth-order valence-electron chi connectivity index (χ4n) is 7.67. The fraction of sp³-hybridized carbons (Fsp3) is 0.306. The van der Waals surface area contributed by atoms with Gasteiger partial charge in [0.05, 0.1) is 11.5 Å². The number of hydrogen-bond acceptors (Lipinski definition) is 3. The maximum Gasteiger partial charge on any atom is 0.770 e. The highest BCUT2D eigenvalue weighted by Gasteiger charge is 2.59. The zero-order chi connectivity index (χ0) is 27.6. The lowest BCUT2D eigenvalue weighted by atomic mass is 9.75. The third-order valence-corrected chi connectivity index (χ3v) is 9.55. The highest BCUT2D eigenvalue weighted by Crippen LogP contribution is 2.47. The van der Waals surface area contributed by atoms with E-state index in [1.165, 1.54) is 80.2 Å². The summed E-state index contributed by atoms with van der Waals surface area (Å²) in [5.74, 6) is 1.87. The number of benzene rings is 5. The second kappa shape index (κ2) is 9.55. The molecule has 4 bridgehead atoms. The molecular weight excluding hydrogens is 503 g/mol. The summed E-state index contributed by atoms with van der Waals surface area (Å²) >= 11 is 0. The van der Waals surface area contributed by atoms with Crippen LogP contribution in [0.5, 0.6) is 11.5 Å². The Labute approximate surface area is 241 Å². The van der Waals surface area contributed by atoms with Gasteiger partial charge in [-0.3, -0.25) is 0 Å². The second-order valence-electron chi connectivity index (χ2n) is 12.0. The quantitative estimate of drug-likeness (QED) is 0.147. The normalized spacial score (nSPS) is 18.5. The molecule has 0 fully saturated rings. The lowest BCUT2D eigenvalue weighted by Crippen LogP contribution is -2.77. The zero-order valence-corrected chi connectivity index (χ0v) is 24.2. The molecule has 2 heterocycles. The summed E-state index contributed by atoms with van der Waals surface area (Å²) in [6.45, 7) is 4.29. The van der Waals surface area contributed by atoms with Gasteiger partial charge < -0.3 is 18.6 Å². The minimum Gasteiger partial charge on any atom is -0.601 e. The molecule has 8 rings (SSSR count). The van der Waals surface area contributed by atoms with E-state index in [1.54, 1.807) is 0 Å². The maximum atomic E-state index is 7.35. The first-order valence-corrected chi connectivity index (χ1v) is 15.7. The Bertz CT molecular complexity index is 1920. The average molecular weight is 541 g/mol. The van der Waals surface area contributed by atoms with E-state index in [-0.39, 0.29) is 0 Å². The van der Waals surface area contributed by atoms with Crippen LogP contribution < -0.4 is 24.0 Å². The summed E-state index contributed by atoms with van der Waals surface area (Å²) in [7, 11) is 0. The molecule has 1 unspecified atom stereocenters. The summed E-state index contributed by atoms with van der Waals surface area (Å²) in [5.41, 5.74) is 3.96. The van der Waals surface area contributed by atoms with Crippen molar-refractivity contribution >= 4 is 50.9 Å². The van der Waals surface area contributed by atoms with Gasteiger partial charge in [0.2, 0.25) is 0 Å². The fourth-order valence-corrected chi connectivity index (χ4v) is 7.67. The maximum absolute atomic E-state index is 7.35. The predicted octanol–water partition coefficient (Wildman–Crippen LogP) is 8.03. The molecule has 1 spiro atoms. The van der Waals surface area contributed by atoms with Crippen molar-refractivity contribution in [2.45, 2.75) is 58.8 Å². The molecule has 2 aliphatic heterocycles. The number of nitrogens with zero attached hydrogens (tertiary/aromatic N) is 2. The first-order valence-electron chi connectivity index (χ1n) is 15.7. The van der Waals surface area contributed by atoms with Crippen molar-refractivity contribution < 1.29 is 9.31 Å². The summed E-state index contributed by atoms with van der Waals surface area (Å²) in [5, 5.41) is 8.75. The van der Waals surface area contributed by atoms with Crippen LogP contribution in [0.1, 0.15) is 63.5 Å². The molecule has 5 aromatic rings. The number of anilines is 1. The molecule has 3 aliphatic rings. The van der Waals surface area contributed by atoms with Crippen molar-refractivity contribution in [1.29, 1.82) is 0 Å². The van der Waals surface area contributed by atoms with Gasteiger partial charge in [0.25, 0.3) is 0 Å². The average Bonchev–Trinajstić information content (AvgIpc) is 3.00. The molecule has 0 N–H and O–H groups in total. The van der Waals surface area contributed by atoms with Crippen molar-refractivity contribution in [2.75, 3.05) is 17.9 Å². The van der Waals surface area contributed by atoms with E-state index in [4.69, 9.17) is 9.31 Å². The van der Waals surface area contributed by atoms with Crippen LogP contribution in [0.2, 0.25) is 0 Å². The molecule has 41 heavy (non-hydrogen) atoms. The predicted molar refractivity (Wildman–Crippen MR) is 173 cm³/mol. The molecule has 4 nitrogen and oxygen atoms in total. The van der Waals surface area contributed by atoms with Crippen LogP contribution in [-0.4, -0.2) is 19.9 Å². The van der Waals surface area contributed by atoms with Gasteiger partial charge in [-0.2, -0.15) is 0 Å². The van der Waals surface area contributed by atoms with Crippen LogP contribution in [-0.2, 0) is 6.42 Å². The van der Waals surface area contributed by atoms with Crippen LogP contribution in [0.15, 0.2) is 72.8 Å². The minimum atomic E-state index is -2.04. The molecule has 0 aromatic heterocycles. The molecule has 206 valence electrons. The molecule has 5 heteroatoms. The minimum absolute atomic E-state index is 0.887. The number of allylic oxidation sites excluding steroid dienone is 1. The van der Waals surface area contributed by atoms with Crippen molar-refractivity contribution in [2.24, 2.45) is 0 Å². The van der Waals surface area contributed by atoms with Gasteiger partial charge in [-0.15, -0.1) is 0 Å². The van der Waals surface area contributed by atoms with Crippen molar-refractivity contribution in [3.05, 3.63) is 89.3 Å². The van der Waals surface area contributed by atoms with E-state index in [9.17, 15) is 0 Å². The molecular formula is C36H37BN2O2. The summed E-state index contributed by atoms with van der Waals surface area (Å²) < 4.78 is 17.2. The van der Waals surface area contributed by atoms with Gasteiger partial charge in [-0.05, 0) is 59.8 Å². The monoisotopic (exact) mass is 540 g/mol. The van der Waals surface area contributed by atoms with E-state index >= 15 is 0 Å². The second-order valence-corrected chi connectivity index (χ2v) is 12.0. The highest BCUT2D eigenvalue weighted by molar-refractivity contribution is 6.72. The Morgan fingerprint density at radius 2 is 1.49 bits per heavy atom. The van der Waals surface area contributed by atoms with Crippen molar-refractivity contribution in [3.63, 3.8) is 0 Å². The SMILES string of the molecule is CCCCCN1c2cc(c3cccc4c3c2CC=C4)O[B-]12Oc1cc(c3cccc4cccc1c43)=[N+]2CCCCC. The number of rotatable bonds is 8. The lowest BCUT2D eigenvalue weighted by molar-refractivity contribution is 0.324. The summed E-state index contributed by atoms with van der Waals surface area (Å²) in [6, 6.07) is 24.5. The topological polar surface area (TPSA) is 24.7 Å². The van der Waals surface area contributed by atoms with E-state index in [0.717, 1.165) is 43.9 Å². The summed E-state index contributed by atoms with van der Waals surface area (Å²) in [6.07, 6.45) is 12.4. The van der Waals surface area contributed by atoms with E-state index in [2.05, 4.69) is 102 Å². The van der Waals surface area contributed by atoms with Gasteiger partial charge in [0, 0.05) is 39.7 Å². The van der Waals surface area contributed by atoms with Crippen LogP contribution in [0.4, 0.5) is 5.69 Å². The molecule has 0 amide bonds. The van der Waals surface area contributed by atoms with Gasteiger partial charge in [0.15, 0.2) is 5.36 Å². The molecule has 1 atom stereocenters. The Morgan fingerprint density at radius 3 is 2.29 bits per heavy atom. The Morgan fingerprint density at radius 1 is 0.780 bits per heavy atom. The van der Waals surface area contributed by atoms with Crippen molar-refractivity contribution in [3.8, 4) is 11.5 Å². The van der Waals surface area contributed by atoms with E-state index in [0.29, 0.717) is 0 Å². The third kappa shape index (κ3) is 3.57. The Balaban J connectivity index is 1.44. The van der Waals surface area contributed by atoms with Crippen molar-refractivity contribution in [1.82, 2.24) is 4.49 Å². The molecule has 0 radical (unpaired) electrons. The zero-order valence-electron chi connectivity index (χ0n) is 24.2.